The molecule has 1 aromatic carbocycles. The van der Waals surface area contributed by atoms with Gasteiger partial charge in [0.1, 0.15) is 0 Å². The van der Waals surface area contributed by atoms with Crippen LogP contribution in [0, 0.1) is 26.7 Å². The van der Waals surface area contributed by atoms with E-state index >= 15 is 0 Å². The molecule has 3 atom stereocenters. The number of aryl methyl sites for hydroxylation is 3. The Bertz CT molecular complexity index is 441. The summed E-state index contributed by atoms with van der Waals surface area (Å²) < 4.78 is 6.00. The van der Waals surface area contributed by atoms with E-state index in [1.54, 1.807) is 0 Å². The molecular formula is C17H27NO. The first-order valence-electron chi connectivity index (χ1n) is 7.47. The first-order chi connectivity index (χ1) is 9.04. The van der Waals surface area contributed by atoms with Crippen LogP contribution in [0.4, 0.5) is 0 Å². The number of hydrogen-bond acceptors (Lipinski definition) is 2. The number of benzene rings is 1. The van der Waals surface area contributed by atoms with Gasteiger partial charge in [0, 0.05) is 6.61 Å². The SMILES string of the molecule is CCNC(c1cc(C)c(C)cc1C)C1OCCC1C. The van der Waals surface area contributed by atoms with Crippen LogP contribution in [0.1, 0.15) is 48.6 Å². The number of nitrogens with one attached hydrogen (secondary N) is 1. The van der Waals surface area contributed by atoms with E-state index in [0.717, 1.165) is 13.2 Å². The highest BCUT2D eigenvalue weighted by molar-refractivity contribution is 5.39. The van der Waals surface area contributed by atoms with Gasteiger partial charge in [-0.25, -0.2) is 0 Å². The lowest BCUT2D eigenvalue weighted by atomic mass is 9.88. The molecule has 19 heavy (non-hydrogen) atoms. The van der Waals surface area contributed by atoms with E-state index in [0.29, 0.717) is 18.1 Å². The monoisotopic (exact) mass is 261 g/mol. The van der Waals surface area contributed by atoms with Gasteiger partial charge in [-0.1, -0.05) is 26.0 Å². The molecule has 1 aromatic rings. The second-order valence-corrected chi connectivity index (χ2v) is 5.93. The Morgan fingerprint density at radius 3 is 2.47 bits per heavy atom. The summed E-state index contributed by atoms with van der Waals surface area (Å²) in [5, 5.41) is 3.63. The lowest BCUT2D eigenvalue weighted by molar-refractivity contribution is 0.0610. The van der Waals surface area contributed by atoms with Crippen molar-refractivity contribution in [1.82, 2.24) is 5.32 Å². The molecular weight excluding hydrogens is 234 g/mol. The Morgan fingerprint density at radius 2 is 1.89 bits per heavy atom. The van der Waals surface area contributed by atoms with Crippen LogP contribution in [0.15, 0.2) is 12.1 Å². The fourth-order valence-corrected chi connectivity index (χ4v) is 3.08. The zero-order valence-electron chi connectivity index (χ0n) is 12.9. The number of hydrogen-bond donors (Lipinski definition) is 1. The quantitative estimate of drug-likeness (QED) is 0.892. The minimum atomic E-state index is 0.306. The summed E-state index contributed by atoms with van der Waals surface area (Å²) in [5.74, 6) is 0.630. The molecule has 2 nitrogen and oxygen atoms in total. The molecule has 0 saturated carbocycles. The summed E-state index contributed by atoms with van der Waals surface area (Å²) in [5.41, 5.74) is 5.52. The van der Waals surface area contributed by atoms with Crippen LogP contribution in [0.25, 0.3) is 0 Å². The first kappa shape index (κ1) is 14.5. The van der Waals surface area contributed by atoms with Crippen molar-refractivity contribution in [3.05, 3.63) is 34.4 Å². The second-order valence-electron chi connectivity index (χ2n) is 5.93. The van der Waals surface area contributed by atoms with Crippen molar-refractivity contribution in [3.63, 3.8) is 0 Å². The summed E-state index contributed by atoms with van der Waals surface area (Å²) in [4.78, 5) is 0. The summed E-state index contributed by atoms with van der Waals surface area (Å²) in [7, 11) is 0. The van der Waals surface area contributed by atoms with Crippen molar-refractivity contribution in [2.24, 2.45) is 5.92 Å². The van der Waals surface area contributed by atoms with E-state index in [1.165, 1.54) is 28.7 Å². The molecule has 0 spiro atoms. The minimum absolute atomic E-state index is 0.306. The van der Waals surface area contributed by atoms with Crippen LogP contribution < -0.4 is 5.32 Å². The van der Waals surface area contributed by atoms with E-state index in [9.17, 15) is 0 Å². The normalized spacial score (nSPS) is 24.7. The van der Waals surface area contributed by atoms with Crippen molar-refractivity contribution in [2.75, 3.05) is 13.2 Å². The molecule has 0 bridgehead atoms. The maximum absolute atomic E-state index is 6.00. The molecule has 2 heteroatoms. The summed E-state index contributed by atoms with van der Waals surface area (Å²) in [6, 6.07) is 4.96. The average Bonchev–Trinajstić information content (AvgIpc) is 2.77. The molecule has 1 N–H and O–H groups in total. The maximum Gasteiger partial charge on any atom is 0.0796 e. The number of ether oxygens (including phenoxy) is 1. The predicted molar refractivity (Wildman–Crippen MR) is 80.6 cm³/mol. The van der Waals surface area contributed by atoms with Crippen molar-refractivity contribution < 1.29 is 4.74 Å². The third-order valence-electron chi connectivity index (χ3n) is 4.41. The molecule has 2 rings (SSSR count). The van der Waals surface area contributed by atoms with Crippen molar-refractivity contribution in [1.29, 1.82) is 0 Å². The largest absolute Gasteiger partial charge is 0.376 e. The van der Waals surface area contributed by atoms with Gasteiger partial charge in [-0.15, -0.1) is 0 Å². The van der Waals surface area contributed by atoms with E-state index < -0.39 is 0 Å². The molecule has 1 heterocycles. The van der Waals surface area contributed by atoms with Crippen LogP contribution in [0.5, 0.6) is 0 Å². The number of rotatable bonds is 4. The van der Waals surface area contributed by atoms with Gasteiger partial charge >= 0.3 is 0 Å². The Balaban J connectivity index is 2.35. The Morgan fingerprint density at radius 1 is 1.21 bits per heavy atom. The zero-order chi connectivity index (χ0) is 14.0. The molecule has 1 aliphatic heterocycles. The van der Waals surface area contributed by atoms with Crippen molar-refractivity contribution in [2.45, 2.75) is 53.2 Å². The highest BCUT2D eigenvalue weighted by Gasteiger charge is 2.33. The van der Waals surface area contributed by atoms with Gasteiger partial charge in [0.25, 0.3) is 0 Å². The Labute approximate surface area is 117 Å². The van der Waals surface area contributed by atoms with Crippen LogP contribution in [0.2, 0.25) is 0 Å². The topological polar surface area (TPSA) is 21.3 Å². The first-order valence-corrected chi connectivity index (χ1v) is 7.47. The molecule has 0 aromatic heterocycles. The Hall–Kier alpha value is -0.860. The smallest absolute Gasteiger partial charge is 0.0796 e. The van der Waals surface area contributed by atoms with E-state index in [2.05, 4.69) is 52.1 Å². The van der Waals surface area contributed by atoms with Gasteiger partial charge in [-0.05, 0) is 61.9 Å². The van der Waals surface area contributed by atoms with Gasteiger partial charge in [0.2, 0.25) is 0 Å². The van der Waals surface area contributed by atoms with E-state index in [-0.39, 0.29) is 0 Å². The van der Waals surface area contributed by atoms with Crippen molar-refractivity contribution >= 4 is 0 Å². The molecule has 1 fully saturated rings. The molecule has 1 aliphatic rings. The van der Waals surface area contributed by atoms with Crippen molar-refractivity contribution in [3.8, 4) is 0 Å². The standard InChI is InChI=1S/C17H27NO/c1-6-18-16(17-11(2)7-8-19-17)15-10-13(4)12(3)9-14(15)5/h9-11,16-18H,6-8H2,1-5H3. The lowest BCUT2D eigenvalue weighted by Crippen LogP contribution is -2.35. The van der Waals surface area contributed by atoms with E-state index in [1.807, 2.05) is 0 Å². The lowest BCUT2D eigenvalue weighted by Gasteiger charge is -2.29. The number of likely N-dealkylation sites (N-methyl/N-ethyl adjacent to an activating group) is 1. The van der Waals surface area contributed by atoms with Crippen LogP contribution in [-0.4, -0.2) is 19.3 Å². The van der Waals surface area contributed by atoms with Gasteiger partial charge in [0.05, 0.1) is 12.1 Å². The molecule has 106 valence electrons. The van der Waals surface area contributed by atoms with Crippen LogP contribution >= 0.6 is 0 Å². The molecule has 0 amide bonds. The van der Waals surface area contributed by atoms with Crippen LogP contribution in [-0.2, 0) is 4.74 Å². The fraction of sp³-hybridized carbons (Fsp3) is 0.647. The molecule has 0 radical (unpaired) electrons. The highest BCUT2D eigenvalue weighted by atomic mass is 16.5. The molecule has 1 saturated heterocycles. The maximum atomic E-state index is 6.00. The average molecular weight is 261 g/mol. The summed E-state index contributed by atoms with van der Waals surface area (Å²) in [6.07, 6.45) is 1.48. The van der Waals surface area contributed by atoms with Gasteiger partial charge in [-0.2, -0.15) is 0 Å². The highest BCUT2D eigenvalue weighted by Crippen LogP contribution is 2.33. The van der Waals surface area contributed by atoms with Gasteiger partial charge in [0.15, 0.2) is 0 Å². The third-order valence-corrected chi connectivity index (χ3v) is 4.41. The van der Waals surface area contributed by atoms with E-state index in [4.69, 9.17) is 4.74 Å². The second kappa shape index (κ2) is 6.06. The predicted octanol–water partition coefficient (Wildman–Crippen LogP) is 3.69. The van der Waals surface area contributed by atoms with Gasteiger partial charge < -0.3 is 10.1 Å². The van der Waals surface area contributed by atoms with Crippen LogP contribution in [0.3, 0.4) is 0 Å². The fourth-order valence-electron chi connectivity index (χ4n) is 3.08. The minimum Gasteiger partial charge on any atom is -0.376 e. The zero-order valence-corrected chi connectivity index (χ0v) is 12.9. The van der Waals surface area contributed by atoms with Gasteiger partial charge in [-0.3, -0.25) is 0 Å². The third kappa shape index (κ3) is 3.01. The molecule has 3 unspecified atom stereocenters. The molecule has 0 aliphatic carbocycles. The Kier molecular flexibility index (Phi) is 4.64. The summed E-state index contributed by atoms with van der Waals surface area (Å²) >= 11 is 0. The summed E-state index contributed by atoms with van der Waals surface area (Å²) in [6.45, 7) is 12.9.